The van der Waals surface area contributed by atoms with Gasteiger partial charge in [0.05, 0.1) is 5.75 Å². The minimum atomic E-state index is 0.00292. The lowest BCUT2D eigenvalue weighted by molar-refractivity contribution is -0.118. The topological polar surface area (TPSA) is 80.9 Å². The van der Waals surface area contributed by atoms with E-state index in [1.807, 2.05) is 18.2 Å². The second-order valence-electron chi connectivity index (χ2n) is 4.51. The number of aromatic nitrogens is 2. The monoisotopic (exact) mass is 322 g/mol. The summed E-state index contributed by atoms with van der Waals surface area (Å²) in [5.41, 5.74) is 6.75. The van der Waals surface area contributed by atoms with Gasteiger partial charge in [-0.05, 0) is 12.0 Å². The second kappa shape index (κ2) is 7.99. The van der Waals surface area contributed by atoms with Crippen LogP contribution in [0.3, 0.4) is 0 Å². The molecule has 0 aliphatic heterocycles. The van der Waals surface area contributed by atoms with Crippen LogP contribution in [0, 0.1) is 0 Å². The Bertz CT molecular complexity index is 573. The molecule has 1 heterocycles. The van der Waals surface area contributed by atoms with Crippen LogP contribution in [-0.4, -0.2) is 28.4 Å². The number of anilines is 1. The largest absolute Gasteiger partial charge is 0.374 e. The minimum absolute atomic E-state index is 0.00292. The van der Waals surface area contributed by atoms with Crippen molar-refractivity contribution in [3.63, 3.8) is 0 Å². The van der Waals surface area contributed by atoms with E-state index in [-0.39, 0.29) is 5.91 Å². The Labute approximate surface area is 132 Å². The summed E-state index contributed by atoms with van der Waals surface area (Å²) in [7, 11) is 0. The van der Waals surface area contributed by atoms with Crippen molar-refractivity contribution in [2.75, 3.05) is 18.0 Å². The smallest absolute Gasteiger partial charge is 0.230 e. The van der Waals surface area contributed by atoms with Gasteiger partial charge in [0, 0.05) is 12.5 Å². The molecule has 3 N–H and O–H groups in total. The van der Waals surface area contributed by atoms with Crippen molar-refractivity contribution in [3.05, 3.63) is 35.9 Å². The summed E-state index contributed by atoms with van der Waals surface area (Å²) in [5.74, 6) is 0.681. The zero-order valence-electron chi connectivity index (χ0n) is 11.8. The number of nitrogens with zero attached hydrogens (tertiary/aromatic N) is 2. The van der Waals surface area contributed by atoms with Gasteiger partial charge in [-0.2, -0.15) is 0 Å². The first-order valence-corrected chi connectivity index (χ1v) is 8.52. The number of hydrogen-bond acceptors (Lipinski definition) is 6. The predicted octanol–water partition coefficient (Wildman–Crippen LogP) is 2.52. The van der Waals surface area contributed by atoms with Crippen molar-refractivity contribution in [1.29, 1.82) is 0 Å². The van der Waals surface area contributed by atoms with Crippen LogP contribution < -0.4 is 11.1 Å². The summed E-state index contributed by atoms with van der Waals surface area (Å²) in [4.78, 5) is 11.9. The molecule has 1 aromatic carbocycles. The fourth-order valence-corrected chi connectivity index (χ4v) is 3.38. The van der Waals surface area contributed by atoms with Gasteiger partial charge >= 0.3 is 0 Å². The normalized spacial score (nSPS) is 12.0. The van der Waals surface area contributed by atoms with Crippen LogP contribution in [0.5, 0.6) is 0 Å². The zero-order valence-corrected chi connectivity index (χ0v) is 13.4. The Balaban J connectivity index is 1.77. The third kappa shape index (κ3) is 5.02. The van der Waals surface area contributed by atoms with Gasteiger partial charge < -0.3 is 11.1 Å². The molecule has 112 valence electrons. The zero-order chi connectivity index (χ0) is 15.1. The van der Waals surface area contributed by atoms with Gasteiger partial charge in [0.2, 0.25) is 11.0 Å². The van der Waals surface area contributed by atoms with E-state index in [0.29, 0.717) is 23.3 Å². The lowest BCUT2D eigenvalue weighted by Crippen LogP contribution is -2.29. The van der Waals surface area contributed by atoms with Crippen LogP contribution in [-0.2, 0) is 4.79 Å². The van der Waals surface area contributed by atoms with E-state index in [0.717, 1.165) is 10.8 Å². The maximum absolute atomic E-state index is 11.9. The Hall–Kier alpha value is -1.60. The summed E-state index contributed by atoms with van der Waals surface area (Å²) >= 11 is 2.65. The summed E-state index contributed by atoms with van der Waals surface area (Å²) in [6.45, 7) is 2.78. The average molecular weight is 322 g/mol. The SMILES string of the molecule is CC[C@@H](CNC(=O)CSc1nnc(N)s1)c1ccccc1. The number of thioether (sulfide) groups is 1. The van der Waals surface area contributed by atoms with Gasteiger partial charge in [-0.15, -0.1) is 10.2 Å². The molecule has 0 saturated carbocycles. The van der Waals surface area contributed by atoms with Crippen LogP contribution in [0.1, 0.15) is 24.8 Å². The quantitative estimate of drug-likeness (QED) is 0.766. The molecule has 5 nitrogen and oxygen atoms in total. The highest BCUT2D eigenvalue weighted by Crippen LogP contribution is 2.23. The van der Waals surface area contributed by atoms with E-state index < -0.39 is 0 Å². The molecule has 2 aromatic rings. The fraction of sp³-hybridized carbons (Fsp3) is 0.357. The van der Waals surface area contributed by atoms with Crippen molar-refractivity contribution >= 4 is 34.1 Å². The first-order valence-electron chi connectivity index (χ1n) is 6.72. The van der Waals surface area contributed by atoms with Crippen molar-refractivity contribution in [2.24, 2.45) is 0 Å². The standard InChI is InChI=1S/C14H18N4OS2/c1-2-10(11-6-4-3-5-7-11)8-16-12(19)9-20-14-18-17-13(15)21-14/h3-7,10H,2,8-9H2,1H3,(H2,15,17)(H,16,19)/t10-/m0/s1. The van der Waals surface area contributed by atoms with E-state index in [9.17, 15) is 4.79 Å². The molecule has 0 bridgehead atoms. The molecule has 0 radical (unpaired) electrons. The van der Waals surface area contributed by atoms with Crippen LogP contribution in [0.4, 0.5) is 5.13 Å². The minimum Gasteiger partial charge on any atom is -0.374 e. The highest BCUT2D eigenvalue weighted by Gasteiger charge is 2.11. The molecule has 7 heteroatoms. The number of benzene rings is 1. The number of carbonyl (C=O) groups is 1. The van der Waals surface area contributed by atoms with Gasteiger partial charge in [-0.3, -0.25) is 4.79 Å². The molecule has 0 spiro atoms. The molecule has 1 amide bonds. The Morgan fingerprint density at radius 2 is 2.14 bits per heavy atom. The van der Waals surface area contributed by atoms with E-state index in [4.69, 9.17) is 5.73 Å². The van der Waals surface area contributed by atoms with Gasteiger partial charge in [0.15, 0.2) is 4.34 Å². The first kappa shape index (κ1) is 15.8. The van der Waals surface area contributed by atoms with Gasteiger partial charge in [-0.1, -0.05) is 60.4 Å². The Morgan fingerprint density at radius 3 is 2.76 bits per heavy atom. The predicted molar refractivity (Wildman–Crippen MR) is 87.5 cm³/mol. The molecule has 0 aliphatic rings. The van der Waals surface area contributed by atoms with Crippen LogP contribution >= 0.6 is 23.1 Å². The fourth-order valence-electron chi connectivity index (χ4n) is 1.92. The average Bonchev–Trinajstić information content (AvgIpc) is 2.92. The van der Waals surface area contributed by atoms with E-state index in [1.54, 1.807) is 0 Å². The molecule has 0 unspecified atom stereocenters. The molecule has 0 saturated heterocycles. The number of rotatable bonds is 7. The molecule has 21 heavy (non-hydrogen) atoms. The summed E-state index contributed by atoms with van der Waals surface area (Å²) in [6, 6.07) is 10.2. The summed E-state index contributed by atoms with van der Waals surface area (Å²) in [6.07, 6.45) is 0.990. The maximum atomic E-state index is 11.9. The number of nitrogen functional groups attached to an aromatic ring is 1. The van der Waals surface area contributed by atoms with E-state index in [2.05, 4.69) is 34.6 Å². The maximum Gasteiger partial charge on any atom is 0.230 e. The lowest BCUT2D eigenvalue weighted by atomic mass is 9.96. The molecule has 0 aliphatic carbocycles. The van der Waals surface area contributed by atoms with Gasteiger partial charge in [0.1, 0.15) is 0 Å². The number of nitrogens with one attached hydrogen (secondary N) is 1. The first-order chi connectivity index (χ1) is 10.2. The number of amides is 1. The molecule has 0 fully saturated rings. The highest BCUT2D eigenvalue weighted by atomic mass is 32.2. The second-order valence-corrected chi connectivity index (χ2v) is 6.75. The number of nitrogens with two attached hydrogens (primary N) is 1. The Morgan fingerprint density at radius 1 is 1.38 bits per heavy atom. The van der Waals surface area contributed by atoms with E-state index in [1.165, 1.54) is 28.7 Å². The third-order valence-corrected chi connectivity index (χ3v) is 4.94. The van der Waals surface area contributed by atoms with Crippen LogP contribution in [0.15, 0.2) is 34.7 Å². The molecular formula is C14H18N4OS2. The molecule has 1 aromatic heterocycles. The lowest BCUT2D eigenvalue weighted by Gasteiger charge is -2.16. The third-order valence-electron chi connectivity index (χ3n) is 3.06. The van der Waals surface area contributed by atoms with Crippen molar-refractivity contribution < 1.29 is 4.79 Å². The summed E-state index contributed by atoms with van der Waals surface area (Å²) < 4.78 is 0.720. The van der Waals surface area contributed by atoms with Crippen molar-refractivity contribution in [1.82, 2.24) is 15.5 Å². The number of hydrogen-bond donors (Lipinski definition) is 2. The molecule has 1 atom stereocenters. The van der Waals surface area contributed by atoms with Crippen molar-refractivity contribution in [3.8, 4) is 0 Å². The summed E-state index contributed by atoms with van der Waals surface area (Å²) in [5, 5.41) is 11.0. The van der Waals surface area contributed by atoms with Gasteiger partial charge in [-0.25, -0.2) is 0 Å². The Kier molecular flexibility index (Phi) is 6.01. The van der Waals surface area contributed by atoms with Crippen LogP contribution in [0.2, 0.25) is 0 Å². The van der Waals surface area contributed by atoms with Crippen LogP contribution in [0.25, 0.3) is 0 Å². The van der Waals surface area contributed by atoms with Crippen molar-refractivity contribution in [2.45, 2.75) is 23.6 Å². The highest BCUT2D eigenvalue weighted by molar-refractivity contribution is 8.01. The number of carbonyl (C=O) groups excluding carboxylic acids is 1. The molecular weight excluding hydrogens is 304 g/mol. The van der Waals surface area contributed by atoms with E-state index >= 15 is 0 Å². The molecule has 2 rings (SSSR count). The van der Waals surface area contributed by atoms with Gasteiger partial charge in [0.25, 0.3) is 0 Å².